The molecule has 1 unspecified atom stereocenters. The summed E-state index contributed by atoms with van der Waals surface area (Å²) >= 11 is 0. The summed E-state index contributed by atoms with van der Waals surface area (Å²) in [6.45, 7) is 0.456. The smallest absolute Gasteiger partial charge is 0.160 e. The SMILES string of the molecule is COc1ccc(C(CN)N(C)c2ccccc2)cc1O. The van der Waals surface area contributed by atoms with Crippen molar-refractivity contribution in [2.24, 2.45) is 5.73 Å². The van der Waals surface area contributed by atoms with Crippen molar-refractivity contribution in [2.45, 2.75) is 6.04 Å². The average molecular weight is 272 g/mol. The molecular formula is C16H20N2O2. The number of ether oxygens (including phenoxy) is 1. The van der Waals surface area contributed by atoms with E-state index in [2.05, 4.69) is 4.90 Å². The average Bonchev–Trinajstić information content (AvgIpc) is 2.49. The highest BCUT2D eigenvalue weighted by Crippen LogP contribution is 2.31. The van der Waals surface area contributed by atoms with Crippen LogP contribution in [0.25, 0.3) is 0 Å². The van der Waals surface area contributed by atoms with Crippen molar-refractivity contribution in [1.29, 1.82) is 0 Å². The summed E-state index contributed by atoms with van der Waals surface area (Å²) in [5, 5.41) is 9.90. The molecule has 20 heavy (non-hydrogen) atoms. The monoisotopic (exact) mass is 272 g/mol. The van der Waals surface area contributed by atoms with Gasteiger partial charge < -0.3 is 20.5 Å². The molecule has 0 aliphatic heterocycles. The van der Waals surface area contributed by atoms with Crippen LogP contribution in [0.2, 0.25) is 0 Å². The zero-order chi connectivity index (χ0) is 14.5. The quantitative estimate of drug-likeness (QED) is 0.878. The third kappa shape index (κ3) is 2.86. The minimum atomic E-state index is -0.00536. The zero-order valence-corrected chi connectivity index (χ0v) is 11.8. The lowest BCUT2D eigenvalue weighted by Crippen LogP contribution is -2.30. The van der Waals surface area contributed by atoms with E-state index in [-0.39, 0.29) is 11.8 Å². The van der Waals surface area contributed by atoms with E-state index in [9.17, 15) is 5.11 Å². The van der Waals surface area contributed by atoms with Crippen LogP contribution < -0.4 is 15.4 Å². The second-order valence-electron chi connectivity index (χ2n) is 4.63. The van der Waals surface area contributed by atoms with Gasteiger partial charge in [-0.25, -0.2) is 0 Å². The van der Waals surface area contributed by atoms with Crippen molar-refractivity contribution < 1.29 is 9.84 Å². The van der Waals surface area contributed by atoms with Crippen LogP contribution in [-0.4, -0.2) is 25.8 Å². The number of phenolic OH excluding ortho intramolecular Hbond substituents is 1. The number of rotatable bonds is 5. The van der Waals surface area contributed by atoms with E-state index in [1.807, 2.05) is 43.4 Å². The molecule has 0 heterocycles. The van der Waals surface area contributed by atoms with Crippen molar-refractivity contribution in [2.75, 3.05) is 25.6 Å². The molecule has 0 spiro atoms. The van der Waals surface area contributed by atoms with Crippen LogP contribution in [0.4, 0.5) is 5.69 Å². The number of aromatic hydroxyl groups is 1. The summed E-state index contributed by atoms with van der Waals surface area (Å²) in [7, 11) is 3.53. The molecule has 4 heteroatoms. The van der Waals surface area contributed by atoms with Crippen LogP contribution in [-0.2, 0) is 0 Å². The number of para-hydroxylation sites is 1. The fourth-order valence-corrected chi connectivity index (χ4v) is 2.28. The lowest BCUT2D eigenvalue weighted by molar-refractivity contribution is 0.372. The van der Waals surface area contributed by atoms with Crippen molar-refractivity contribution in [1.82, 2.24) is 0 Å². The largest absolute Gasteiger partial charge is 0.504 e. The molecule has 2 rings (SSSR count). The number of anilines is 1. The number of hydrogen-bond acceptors (Lipinski definition) is 4. The van der Waals surface area contributed by atoms with Crippen molar-refractivity contribution in [3.8, 4) is 11.5 Å². The van der Waals surface area contributed by atoms with Crippen molar-refractivity contribution in [3.63, 3.8) is 0 Å². The minimum absolute atomic E-state index is 0.00536. The Bertz CT molecular complexity index is 558. The van der Waals surface area contributed by atoms with Gasteiger partial charge in [0.05, 0.1) is 13.2 Å². The van der Waals surface area contributed by atoms with Crippen LogP contribution in [0.15, 0.2) is 48.5 Å². The third-order valence-corrected chi connectivity index (χ3v) is 3.44. The Kier molecular flexibility index (Phi) is 4.48. The molecule has 4 nitrogen and oxygen atoms in total. The van der Waals surface area contributed by atoms with Crippen molar-refractivity contribution >= 4 is 5.69 Å². The molecule has 0 saturated carbocycles. The Morgan fingerprint density at radius 1 is 1.20 bits per heavy atom. The number of likely N-dealkylation sites (N-methyl/N-ethyl adjacent to an activating group) is 1. The first-order valence-electron chi connectivity index (χ1n) is 6.52. The molecule has 0 aromatic heterocycles. The highest BCUT2D eigenvalue weighted by molar-refractivity contribution is 5.50. The standard InChI is InChI=1S/C16H20N2O2/c1-18(13-6-4-3-5-7-13)14(11-17)12-8-9-16(20-2)15(19)10-12/h3-10,14,19H,11,17H2,1-2H3. The molecule has 2 aromatic rings. The van der Waals surface area contributed by atoms with Gasteiger partial charge in [-0.05, 0) is 29.8 Å². The van der Waals surface area contributed by atoms with Gasteiger partial charge in [-0.15, -0.1) is 0 Å². The lowest BCUT2D eigenvalue weighted by Gasteiger charge is -2.29. The van der Waals surface area contributed by atoms with E-state index < -0.39 is 0 Å². The molecule has 0 amide bonds. The lowest BCUT2D eigenvalue weighted by atomic mass is 10.0. The fourth-order valence-electron chi connectivity index (χ4n) is 2.28. The first-order valence-corrected chi connectivity index (χ1v) is 6.52. The van der Waals surface area contributed by atoms with Gasteiger partial charge in [0.25, 0.3) is 0 Å². The van der Waals surface area contributed by atoms with E-state index in [1.165, 1.54) is 7.11 Å². The van der Waals surface area contributed by atoms with Gasteiger partial charge in [-0.1, -0.05) is 24.3 Å². The van der Waals surface area contributed by atoms with Crippen LogP contribution in [0, 0.1) is 0 Å². The van der Waals surface area contributed by atoms with Crippen LogP contribution >= 0.6 is 0 Å². The number of nitrogens with two attached hydrogens (primary N) is 1. The summed E-state index contributed by atoms with van der Waals surface area (Å²) in [4.78, 5) is 2.10. The fraction of sp³-hybridized carbons (Fsp3) is 0.250. The zero-order valence-electron chi connectivity index (χ0n) is 11.8. The van der Waals surface area contributed by atoms with E-state index >= 15 is 0 Å². The molecule has 0 radical (unpaired) electrons. The number of benzene rings is 2. The summed E-state index contributed by atoms with van der Waals surface area (Å²) in [5.74, 6) is 0.594. The summed E-state index contributed by atoms with van der Waals surface area (Å²) < 4.78 is 5.06. The molecular weight excluding hydrogens is 252 g/mol. The maximum atomic E-state index is 9.90. The maximum absolute atomic E-state index is 9.90. The predicted octanol–water partition coefficient (Wildman–Crippen LogP) is 2.54. The van der Waals surface area contributed by atoms with Gasteiger partial charge in [-0.2, -0.15) is 0 Å². The number of hydrogen-bond donors (Lipinski definition) is 2. The van der Waals surface area contributed by atoms with E-state index in [0.29, 0.717) is 12.3 Å². The molecule has 0 aliphatic carbocycles. The Morgan fingerprint density at radius 2 is 1.90 bits per heavy atom. The topological polar surface area (TPSA) is 58.7 Å². The first kappa shape index (κ1) is 14.2. The molecule has 2 aromatic carbocycles. The summed E-state index contributed by atoms with van der Waals surface area (Å²) in [6, 6.07) is 15.4. The predicted molar refractivity (Wildman–Crippen MR) is 81.3 cm³/mol. The van der Waals surface area contributed by atoms with Crippen molar-refractivity contribution in [3.05, 3.63) is 54.1 Å². The highest BCUT2D eigenvalue weighted by atomic mass is 16.5. The van der Waals surface area contributed by atoms with Gasteiger partial charge >= 0.3 is 0 Å². The second kappa shape index (κ2) is 6.30. The van der Waals surface area contributed by atoms with Gasteiger partial charge in [-0.3, -0.25) is 0 Å². The Labute approximate surface area is 119 Å². The Morgan fingerprint density at radius 3 is 2.45 bits per heavy atom. The minimum Gasteiger partial charge on any atom is -0.504 e. The van der Waals surface area contributed by atoms with Gasteiger partial charge in [0.2, 0.25) is 0 Å². The number of nitrogens with zero attached hydrogens (tertiary/aromatic N) is 1. The van der Waals surface area contributed by atoms with Gasteiger partial charge in [0.15, 0.2) is 11.5 Å². The van der Waals surface area contributed by atoms with Gasteiger partial charge in [0, 0.05) is 19.3 Å². The van der Waals surface area contributed by atoms with Crippen LogP contribution in [0.3, 0.4) is 0 Å². The summed E-state index contributed by atoms with van der Waals surface area (Å²) in [6.07, 6.45) is 0. The maximum Gasteiger partial charge on any atom is 0.160 e. The normalized spacial score (nSPS) is 11.9. The summed E-state index contributed by atoms with van der Waals surface area (Å²) in [5.41, 5.74) is 7.95. The molecule has 0 fully saturated rings. The Hall–Kier alpha value is -2.20. The van der Waals surface area contributed by atoms with E-state index in [1.54, 1.807) is 12.1 Å². The van der Waals surface area contributed by atoms with E-state index in [0.717, 1.165) is 11.3 Å². The second-order valence-corrected chi connectivity index (χ2v) is 4.63. The third-order valence-electron chi connectivity index (χ3n) is 3.44. The first-order chi connectivity index (χ1) is 9.67. The molecule has 3 N–H and O–H groups in total. The molecule has 1 atom stereocenters. The highest BCUT2D eigenvalue weighted by Gasteiger charge is 2.17. The molecule has 0 saturated heterocycles. The number of methoxy groups -OCH3 is 1. The molecule has 0 aliphatic rings. The molecule has 106 valence electrons. The van der Waals surface area contributed by atoms with Crippen LogP contribution in [0.1, 0.15) is 11.6 Å². The number of phenols is 1. The Balaban J connectivity index is 2.30. The van der Waals surface area contributed by atoms with Crippen LogP contribution in [0.5, 0.6) is 11.5 Å². The van der Waals surface area contributed by atoms with Gasteiger partial charge in [0.1, 0.15) is 0 Å². The molecule has 0 bridgehead atoms. The van der Waals surface area contributed by atoms with E-state index in [4.69, 9.17) is 10.5 Å².